The van der Waals surface area contributed by atoms with E-state index in [1.54, 1.807) is 6.07 Å². The van der Waals surface area contributed by atoms with Crippen LogP contribution in [0, 0.1) is 21.4 Å². The summed E-state index contributed by atoms with van der Waals surface area (Å²) in [6, 6.07) is 7.28. The maximum Gasteiger partial charge on any atom is 0.327 e. The van der Waals surface area contributed by atoms with Gasteiger partial charge in [-0.05, 0) is 0 Å². The Morgan fingerprint density at radius 1 is 1.56 bits per heavy atom. The minimum Gasteiger partial charge on any atom is -0.468 e. The number of carbonyl (C=O) groups excluding carboxylic acids is 1. The van der Waals surface area contributed by atoms with E-state index in [1.165, 1.54) is 24.3 Å². The summed E-state index contributed by atoms with van der Waals surface area (Å²) < 4.78 is 4.41. The molecule has 0 spiro atoms. The number of hydrogen-bond acceptors (Lipinski definition) is 5. The molecule has 0 saturated heterocycles. The smallest absolute Gasteiger partial charge is 0.327 e. The van der Waals surface area contributed by atoms with Crippen LogP contribution in [0.1, 0.15) is 11.5 Å². The van der Waals surface area contributed by atoms with E-state index in [2.05, 4.69) is 4.74 Å². The molecule has 1 aromatic carbocycles. The molecule has 1 aromatic rings. The molecule has 1 atom stereocenters. The first-order chi connectivity index (χ1) is 7.61. The topological polar surface area (TPSA) is 93.2 Å². The summed E-state index contributed by atoms with van der Waals surface area (Å²) in [4.78, 5) is 21.3. The fraction of sp³-hybridized carbons (Fsp3) is 0.200. The fourth-order valence-electron chi connectivity index (χ4n) is 1.26. The summed E-state index contributed by atoms with van der Waals surface area (Å²) in [6.45, 7) is 0. The van der Waals surface area contributed by atoms with Crippen molar-refractivity contribution in [2.24, 2.45) is 0 Å². The van der Waals surface area contributed by atoms with Crippen molar-refractivity contribution < 1.29 is 14.5 Å². The van der Waals surface area contributed by atoms with Crippen LogP contribution in [0.15, 0.2) is 24.3 Å². The van der Waals surface area contributed by atoms with Gasteiger partial charge in [-0.1, -0.05) is 18.2 Å². The van der Waals surface area contributed by atoms with Gasteiger partial charge in [0.25, 0.3) is 5.69 Å². The predicted octanol–water partition coefficient (Wildman–Crippen LogP) is 1.37. The van der Waals surface area contributed by atoms with Crippen molar-refractivity contribution >= 4 is 11.7 Å². The zero-order valence-electron chi connectivity index (χ0n) is 8.41. The number of methoxy groups -OCH3 is 1. The van der Waals surface area contributed by atoms with Gasteiger partial charge >= 0.3 is 5.97 Å². The first-order valence-electron chi connectivity index (χ1n) is 4.32. The molecular formula is C10H8N2O4. The Kier molecular flexibility index (Phi) is 3.56. The lowest BCUT2D eigenvalue weighted by Gasteiger charge is -2.06. The van der Waals surface area contributed by atoms with E-state index in [4.69, 9.17) is 5.26 Å². The second kappa shape index (κ2) is 4.89. The van der Waals surface area contributed by atoms with Crippen molar-refractivity contribution in [3.8, 4) is 6.07 Å². The van der Waals surface area contributed by atoms with Crippen LogP contribution in [-0.4, -0.2) is 18.0 Å². The van der Waals surface area contributed by atoms with Gasteiger partial charge in [0.15, 0.2) is 5.92 Å². The quantitative estimate of drug-likeness (QED) is 0.435. The average molecular weight is 220 g/mol. The Labute approximate surface area is 91.2 Å². The van der Waals surface area contributed by atoms with Crippen molar-refractivity contribution in [1.29, 1.82) is 5.26 Å². The van der Waals surface area contributed by atoms with E-state index in [0.717, 1.165) is 7.11 Å². The monoisotopic (exact) mass is 220 g/mol. The Hall–Kier alpha value is -2.42. The van der Waals surface area contributed by atoms with Crippen LogP contribution >= 0.6 is 0 Å². The van der Waals surface area contributed by atoms with Gasteiger partial charge in [0.2, 0.25) is 0 Å². The summed E-state index contributed by atoms with van der Waals surface area (Å²) in [5.41, 5.74) is -0.221. The van der Waals surface area contributed by atoms with E-state index in [0.29, 0.717) is 0 Å². The van der Waals surface area contributed by atoms with Crippen LogP contribution < -0.4 is 0 Å². The highest BCUT2D eigenvalue weighted by atomic mass is 16.6. The molecule has 0 saturated carbocycles. The van der Waals surface area contributed by atoms with Crippen molar-refractivity contribution in [3.63, 3.8) is 0 Å². The second-order valence-corrected chi connectivity index (χ2v) is 2.90. The van der Waals surface area contributed by atoms with Crippen molar-refractivity contribution in [3.05, 3.63) is 39.9 Å². The average Bonchev–Trinajstić information content (AvgIpc) is 2.30. The molecule has 0 bridgehead atoms. The van der Waals surface area contributed by atoms with Gasteiger partial charge in [-0.2, -0.15) is 5.26 Å². The first kappa shape index (κ1) is 11.7. The number of para-hydroxylation sites is 1. The van der Waals surface area contributed by atoms with Gasteiger partial charge < -0.3 is 4.74 Å². The molecule has 0 aromatic heterocycles. The van der Waals surface area contributed by atoms with Crippen LogP contribution in [0.5, 0.6) is 0 Å². The van der Waals surface area contributed by atoms with Crippen LogP contribution in [0.4, 0.5) is 5.69 Å². The third kappa shape index (κ3) is 2.15. The lowest BCUT2D eigenvalue weighted by Crippen LogP contribution is -2.13. The van der Waals surface area contributed by atoms with Gasteiger partial charge in [0, 0.05) is 6.07 Å². The first-order valence-corrected chi connectivity index (χ1v) is 4.32. The number of nitro groups is 1. The maximum atomic E-state index is 11.3. The normalized spacial score (nSPS) is 11.2. The minimum atomic E-state index is -1.27. The molecule has 0 amide bonds. The number of nitriles is 1. The van der Waals surface area contributed by atoms with E-state index in [1.807, 2.05) is 0 Å². The van der Waals surface area contributed by atoms with Crippen LogP contribution in [0.2, 0.25) is 0 Å². The van der Waals surface area contributed by atoms with Crippen molar-refractivity contribution in [2.75, 3.05) is 7.11 Å². The van der Waals surface area contributed by atoms with Crippen LogP contribution in [0.3, 0.4) is 0 Å². The molecule has 16 heavy (non-hydrogen) atoms. The number of carbonyl (C=O) groups is 1. The van der Waals surface area contributed by atoms with Gasteiger partial charge in [-0.15, -0.1) is 0 Å². The SMILES string of the molecule is COC(=O)C(C#N)c1ccccc1[N+](=O)[O-]. The highest BCUT2D eigenvalue weighted by Gasteiger charge is 2.28. The third-order valence-corrected chi connectivity index (χ3v) is 2.01. The summed E-state index contributed by atoms with van der Waals surface area (Å²) in [7, 11) is 1.13. The molecule has 0 heterocycles. The summed E-state index contributed by atoms with van der Waals surface area (Å²) >= 11 is 0. The van der Waals surface area contributed by atoms with Crippen molar-refractivity contribution in [1.82, 2.24) is 0 Å². The number of hydrogen-bond donors (Lipinski definition) is 0. The van der Waals surface area contributed by atoms with Crippen molar-refractivity contribution in [2.45, 2.75) is 5.92 Å². The van der Waals surface area contributed by atoms with Crippen LogP contribution in [0.25, 0.3) is 0 Å². The molecule has 1 rings (SSSR count). The zero-order chi connectivity index (χ0) is 12.1. The Morgan fingerprint density at radius 3 is 2.69 bits per heavy atom. The fourth-order valence-corrected chi connectivity index (χ4v) is 1.26. The maximum absolute atomic E-state index is 11.3. The Balaban J connectivity index is 3.26. The molecule has 0 N–H and O–H groups in total. The lowest BCUT2D eigenvalue weighted by atomic mass is 9.99. The number of rotatable bonds is 3. The van der Waals surface area contributed by atoms with E-state index in [9.17, 15) is 14.9 Å². The molecule has 0 aliphatic heterocycles. The summed E-state index contributed by atoms with van der Waals surface area (Å²) in [5.74, 6) is -2.08. The van der Waals surface area contributed by atoms with E-state index >= 15 is 0 Å². The Morgan fingerprint density at radius 2 is 2.19 bits per heavy atom. The minimum absolute atomic E-state index is 0.0434. The summed E-state index contributed by atoms with van der Waals surface area (Å²) in [5, 5.41) is 19.5. The van der Waals surface area contributed by atoms with Gasteiger partial charge in [0.05, 0.1) is 23.7 Å². The second-order valence-electron chi connectivity index (χ2n) is 2.90. The molecule has 6 nitrogen and oxygen atoms in total. The molecule has 82 valence electrons. The molecule has 0 aliphatic carbocycles. The molecule has 1 unspecified atom stereocenters. The largest absolute Gasteiger partial charge is 0.468 e. The summed E-state index contributed by atoms with van der Waals surface area (Å²) in [6.07, 6.45) is 0. The highest BCUT2D eigenvalue weighted by Crippen LogP contribution is 2.26. The highest BCUT2D eigenvalue weighted by molar-refractivity contribution is 5.82. The number of esters is 1. The van der Waals surface area contributed by atoms with E-state index in [-0.39, 0.29) is 11.3 Å². The number of nitro benzene ring substituents is 1. The molecule has 0 fully saturated rings. The van der Waals surface area contributed by atoms with Gasteiger partial charge in [-0.3, -0.25) is 14.9 Å². The number of ether oxygens (including phenoxy) is 1. The number of benzene rings is 1. The molecule has 0 aliphatic rings. The van der Waals surface area contributed by atoms with Crippen LogP contribution in [-0.2, 0) is 9.53 Å². The van der Waals surface area contributed by atoms with E-state index < -0.39 is 16.8 Å². The lowest BCUT2D eigenvalue weighted by molar-refractivity contribution is -0.385. The third-order valence-electron chi connectivity index (χ3n) is 2.01. The Bertz CT molecular complexity index is 464. The van der Waals surface area contributed by atoms with Gasteiger partial charge in [-0.25, -0.2) is 0 Å². The predicted molar refractivity (Wildman–Crippen MR) is 53.5 cm³/mol. The van der Waals surface area contributed by atoms with Gasteiger partial charge in [0.1, 0.15) is 0 Å². The number of nitrogens with zero attached hydrogens (tertiary/aromatic N) is 2. The molecule has 6 heteroatoms. The zero-order valence-corrected chi connectivity index (χ0v) is 8.41. The standard InChI is InChI=1S/C10H8N2O4/c1-16-10(13)8(6-11)7-4-2-3-5-9(7)12(14)15/h2-5,8H,1H3. The molecule has 0 radical (unpaired) electrons. The molecular weight excluding hydrogens is 212 g/mol.